The van der Waals surface area contributed by atoms with Crippen LogP contribution in [0.5, 0.6) is 11.5 Å². The third kappa shape index (κ3) is 5.56. The van der Waals surface area contributed by atoms with Crippen LogP contribution in [0.15, 0.2) is 48.5 Å². The number of ether oxygens (including phenoxy) is 3. The van der Waals surface area contributed by atoms with E-state index in [1.807, 2.05) is 24.3 Å². The van der Waals surface area contributed by atoms with E-state index in [1.54, 1.807) is 37.5 Å². The van der Waals surface area contributed by atoms with Crippen molar-refractivity contribution in [1.82, 2.24) is 5.48 Å². The number of benzene rings is 2. The smallest absolute Gasteiger partial charge is 0.254 e. The molecule has 2 aromatic carbocycles. The number of hydrogen-bond donors (Lipinski definition) is 3. The molecule has 0 saturated heterocycles. The van der Waals surface area contributed by atoms with Crippen molar-refractivity contribution in [2.75, 3.05) is 19.0 Å². The fraction of sp³-hybridized carbons (Fsp3) is 0.238. The minimum atomic E-state index is -1.09. The zero-order chi connectivity index (χ0) is 20.6. The number of hydroxylamine groups is 1. The van der Waals surface area contributed by atoms with Crippen LogP contribution in [-0.2, 0) is 20.9 Å². The SMILES string of the molecule is COc1cc2cc(c1)COc1ccccc1NC(=O)C(CC(=O)NO)OC/C=C\2. The van der Waals surface area contributed by atoms with E-state index in [1.165, 1.54) is 5.48 Å². The number of methoxy groups -OCH3 is 1. The highest BCUT2D eigenvalue weighted by atomic mass is 16.5. The first-order valence-corrected chi connectivity index (χ1v) is 9.01. The molecule has 1 heterocycles. The van der Waals surface area contributed by atoms with Crippen molar-refractivity contribution in [3.05, 3.63) is 59.7 Å². The Hall–Kier alpha value is -3.36. The molecule has 0 spiro atoms. The van der Waals surface area contributed by atoms with Crippen LogP contribution in [0.1, 0.15) is 17.5 Å². The van der Waals surface area contributed by atoms with Gasteiger partial charge in [0.15, 0.2) is 0 Å². The van der Waals surface area contributed by atoms with Crippen molar-refractivity contribution in [2.24, 2.45) is 0 Å². The summed E-state index contributed by atoms with van der Waals surface area (Å²) in [6, 6.07) is 12.7. The predicted molar refractivity (Wildman–Crippen MR) is 106 cm³/mol. The van der Waals surface area contributed by atoms with E-state index in [0.717, 1.165) is 11.1 Å². The molecule has 1 aliphatic rings. The summed E-state index contributed by atoms with van der Waals surface area (Å²) in [5, 5.41) is 11.5. The molecule has 1 aliphatic heterocycles. The van der Waals surface area contributed by atoms with E-state index in [9.17, 15) is 9.59 Å². The van der Waals surface area contributed by atoms with Gasteiger partial charge in [-0.05, 0) is 41.5 Å². The van der Waals surface area contributed by atoms with Crippen LogP contribution in [0.4, 0.5) is 5.69 Å². The highest BCUT2D eigenvalue weighted by Crippen LogP contribution is 2.27. The van der Waals surface area contributed by atoms with Gasteiger partial charge in [-0.2, -0.15) is 0 Å². The van der Waals surface area contributed by atoms with Crippen molar-refractivity contribution in [3.63, 3.8) is 0 Å². The molecule has 1 unspecified atom stereocenters. The quantitative estimate of drug-likeness (QED) is 0.542. The maximum atomic E-state index is 12.6. The lowest BCUT2D eigenvalue weighted by molar-refractivity contribution is -0.138. The number of carbonyl (C=O) groups is 2. The van der Waals surface area contributed by atoms with Crippen LogP contribution >= 0.6 is 0 Å². The summed E-state index contributed by atoms with van der Waals surface area (Å²) in [7, 11) is 1.59. The number of amides is 2. The van der Waals surface area contributed by atoms with E-state index in [2.05, 4.69) is 5.32 Å². The zero-order valence-electron chi connectivity index (χ0n) is 15.9. The highest BCUT2D eigenvalue weighted by Gasteiger charge is 2.23. The molecule has 2 bridgehead atoms. The first-order valence-electron chi connectivity index (χ1n) is 9.01. The standard InChI is InChI=1S/C21H22N2O6/c1-27-16-10-14-5-4-8-28-19(12-20(24)23-26)21(25)22-17-6-2-3-7-18(17)29-13-15(9-14)11-16/h2-7,9-11,19,26H,8,12-13H2,1H3,(H,22,25)(H,23,24)/b5-4-. The summed E-state index contributed by atoms with van der Waals surface area (Å²) < 4.78 is 16.8. The van der Waals surface area contributed by atoms with Gasteiger partial charge in [-0.1, -0.05) is 24.3 Å². The van der Waals surface area contributed by atoms with Crippen molar-refractivity contribution in [1.29, 1.82) is 0 Å². The number of anilines is 1. The second-order valence-corrected chi connectivity index (χ2v) is 6.35. The second kappa shape index (κ2) is 9.72. The van der Waals surface area contributed by atoms with Gasteiger partial charge in [-0.25, -0.2) is 5.48 Å². The number of fused-ring (bicyclic) bond motifs is 3. The molecule has 8 nitrogen and oxygen atoms in total. The third-order valence-electron chi connectivity index (χ3n) is 4.26. The largest absolute Gasteiger partial charge is 0.497 e. The third-order valence-corrected chi connectivity index (χ3v) is 4.26. The molecule has 3 rings (SSSR count). The van der Waals surface area contributed by atoms with Gasteiger partial charge in [0.25, 0.3) is 5.91 Å². The molecular weight excluding hydrogens is 376 g/mol. The number of rotatable bonds is 3. The average Bonchev–Trinajstić information content (AvgIpc) is 2.74. The fourth-order valence-electron chi connectivity index (χ4n) is 2.85. The molecule has 0 fully saturated rings. The Morgan fingerprint density at radius 2 is 2.14 bits per heavy atom. The van der Waals surface area contributed by atoms with E-state index in [4.69, 9.17) is 19.4 Å². The number of hydrogen-bond acceptors (Lipinski definition) is 6. The van der Waals surface area contributed by atoms with Gasteiger partial charge in [0.05, 0.1) is 25.8 Å². The summed E-state index contributed by atoms with van der Waals surface area (Å²) >= 11 is 0. The summed E-state index contributed by atoms with van der Waals surface area (Å²) in [6.07, 6.45) is 2.13. The van der Waals surface area contributed by atoms with Gasteiger partial charge >= 0.3 is 0 Å². The van der Waals surface area contributed by atoms with Gasteiger partial charge in [0.2, 0.25) is 5.91 Å². The van der Waals surface area contributed by atoms with Crippen molar-refractivity contribution in [3.8, 4) is 11.5 Å². The van der Waals surface area contributed by atoms with Crippen LogP contribution in [0.25, 0.3) is 6.08 Å². The summed E-state index contributed by atoms with van der Waals surface area (Å²) in [5.74, 6) is -0.0754. The second-order valence-electron chi connectivity index (χ2n) is 6.35. The summed E-state index contributed by atoms with van der Waals surface area (Å²) in [5.41, 5.74) is 3.75. The van der Waals surface area contributed by atoms with Crippen molar-refractivity contribution in [2.45, 2.75) is 19.1 Å². The molecule has 2 amide bonds. The molecule has 0 saturated carbocycles. The normalized spacial score (nSPS) is 17.7. The Balaban J connectivity index is 1.94. The number of nitrogens with one attached hydrogen (secondary N) is 2. The van der Waals surface area contributed by atoms with Gasteiger partial charge < -0.3 is 19.5 Å². The molecule has 2 aromatic rings. The van der Waals surface area contributed by atoms with Crippen LogP contribution in [0, 0.1) is 0 Å². The topological polar surface area (TPSA) is 106 Å². The van der Waals surface area contributed by atoms with Crippen LogP contribution in [0.3, 0.4) is 0 Å². The van der Waals surface area contributed by atoms with Crippen LogP contribution < -0.4 is 20.3 Å². The van der Waals surface area contributed by atoms with E-state index in [-0.39, 0.29) is 19.6 Å². The number of carbonyl (C=O) groups excluding carboxylic acids is 2. The molecule has 8 heteroatoms. The van der Waals surface area contributed by atoms with Crippen LogP contribution in [-0.4, -0.2) is 36.8 Å². The maximum Gasteiger partial charge on any atom is 0.254 e. The average molecular weight is 398 g/mol. The summed E-state index contributed by atoms with van der Waals surface area (Å²) in [4.78, 5) is 24.2. The molecule has 152 valence electrons. The first kappa shape index (κ1) is 20.4. The molecule has 0 aliphatic carbocycles. The molecule has 3 N–H and O–H groups in total. The molecular formula is C21H22N2O6. The zero-order valence-corrected chi connectivity index (χ0v) is 15.9. The van der Waals surface area contributed by atoms with Gasteiger partial charge in [0, 0.05) is 0 Å². The Bertz CT molecular complexity index is 912. The Morgan fingerprint density at radius 3 is 2.93 bits per heavy atom. The van der Waals surface area contributed by atoms with Gasteiger partial charge in [-0.15, -0.1) is 0 Å². The lowest BCUT2D eigenvalue weighted by Gasteiger charge is -2.18. The molecule has 29 heavy (non-hydrogen) atoms. The van der Waals surface area contributed by atoms with Crippen molar-refractivity contribution < 1.29 is 29.0 Å². The lowest BCUT2D eigenvalue weighted by atomic mass is 10.1. The van der Waals surface area contributed by atoms with E-state index < -0.39 is 17.9 Å². The van der Waals surface area contributed by atoms with Gasteiger partial charge in [0.1, 0.15) is 24.2 Å². The predicted octanol–water partition coefficient (Wildman–Crippen LogP) is 2.52. The number of para-hydroxylation sites is 2. The summed E-state index contributed by atoms with van der Waals surface area (Å²) in [6.45, 7) is 0.374. The Labute approximate surface area is 168 Å². The van der Waals surface area contributed by atoms with Crippen molar-refractivity contribution >= 4 is 23.6 Å². The molecule has 1 atom stereocenters. The minimum absolute atomic E-state index is 0.0987. The van der Waals surface area contributed by atoms with E-state index in [0.29, 0.717) is 17.2 Å². The van der Waals surface area contributed by atoms with Crippen LogP contribution in [0.2, 0.25) is 0 Å². The Kier molecular flexibility index (Phi) is 6.83. The molecule has 0 radical (unpaired) electrons. The van der Waals surface area contributed by atoms with E-state index >= 15 is 0 Å². The minimum Gasteiger partial charge on any atom is -0.497 e. The van der Waals surface area contributed by atoms with Gasteiger partial charge in [-0.3, -0.25) is 14.8 Å². The highest BCUT2D eigenvalue weighted by molar-refractivity contribution is 5.97. The fourth-order valence-corrected chi connectivity index (χ4v) is 2.85. The maximum absolute atomic E-state index is 12.6. The molecule has 0 aromatic heterocycles. The first-order chi connectivity index (χ1) is 14.1. The monoisotopic (exact) mass is 398 g/mol. The Morgan fingerprint density at radius 1 is 1.31 bits per heavy atom. The lowest BCUT2D eigenvalue weighted by Crippen LogP contribution is -2.35.